The number of aryl methyl sites for hydroxylation is 2. The molecule has 1 atom stereocenters. The van der Waals surface area contributed by atoms with E-state index in [1.165, 1.54) is 25.3 Å². The van der Waals surface area contributed by atoms with Crippen molar-refractivity contribution in [2.75, 3.05) is 18.4 Å². The maximum Gasteiger partial charge on any atom is 0.335 e. The lowest BCUT2D eigenvalue weighted by Gasteiger charge is -2.57. The van der Waals surface area contributed by atoms with Crippen LogP contribution in [0.4, 0.5) is 5.95 Å². The number of hydrogen-bond acceptors (Lipinski definition) is 9. The molecule has 0 radical (unpaired) electrons. The number of carboxylic acids is 1. The minimum Gasteiger partial charge on any atom is -0.478 e. The van der Waals surface area contributed by atoms with Gasteiger partial charge in [-0.2, -0.15) is 4.98 Å². The molecule has 1 spiro atoms. The van der Waals surface area contributed by atoms with Gasteiger partial charge >= 0.3 is 11.9 Å². The molecular formula is C36H46N4O7S. The van der Waals surface area contributed by atoms with Gasteiger partial charge in [0.2, 0.25) is 11.8 Å². The molecule has 1 aromatic heterocycles. The molecule has 2 saturated carbocycles. The molecule has 48 heavy (non-hydrogen) atoms. The van der Waals surface area contributed by atoms with Gasteiger partial charge in [0, 0.05) is 23.7 Å². The number of nitrogens with one attached hydrogen (secondary N) is 2. The van der Waals surface area contributed by atoms with E-state index in [1.54, 1.807) is 6.07 Å². The van der Waals surface area contributed by atoms with E-state index in [2.05, 4.69) is 40.8 Å². The van der Waals surface area contributed by atoms with Crippen LogP contribution in [0.3, 0.4) is 0 Å². The number of benzene rings is 2. The zero-order chi connectivity index (χ0) is 34.9. The second-order valence-electron chi connectivity index (χ2n) is 14.6. The highest BCUT2D eigenvalue weighted by Crippen LogP contribution is 2.59. The van der Waals surface area contributed by atoms with Crippen molar-refractivity contribution in [2.24, 2.45) is 16.7 Å². The Morgan fingerprint density at radius 3 is 2.31 bits per heavy atom. The first-order valence-corrected chi connectivity index (χ1v) is 17.8. The molecular weight excluding hydrogens is 632 g/mol. The standard InChI is InChI=1S/C36H46N4O7S/c1-22-9-7-10-23(2)31(22)29-16-30(39-34(38-29)40-48(44,45)28-12-8-11-24(15-28)32(41)42)47-21-26(13-14-35(3,4)5)37-27-19-36(20-27)17-25(18-36)33(43)46-6/h7-12,15-16,25-27,37H,13-14,17-21H2,1-6H3,(H,41,42)(H,38,39,40). The molecule has 0 saturated heterocycles. The molecule has 258 valence electrons. The average Bonchev–Trinajstić information content (AvgIpc) is 2.97. The number of carbonyl (C=O) groups is 2. The molecule has 2 aliphatic carbocycles. The Morgan fingerprint density at radius 1 is 1.02 bits per heavy atom. The van der Waals surface area contributed by atoms with Crippen LogP contribution in [0.25, 0.3) is 11.3 Å². The monoisotopic (exact) mass is 678 g/mol. The number of rotatable bonds is 13. The Labute approximate surface area is 282 Å². The van der Waals surface area contributed by atoms with E-state index >= 15 is 0 Å². The predicted octanol–water partition coefficient (Wildman–Crippen LogP) is 6.15. The highest BCUT2D eigenvalue weighted by molar-refractivity contribution is 7.92. The first-order chi connectivity index (χ1) is 22.6. The first-order valence-electron chi connectivity index (χ1n) is 16.3. The second-order valence-corrected chi connectivity index (χ2v) is 16.3. The van der Waals surface area contributed by atoms with Crippen molar-refractivity contribution >= 4 is 27.9 Å². The van der Waals surface area contributed by atoms with Gasteiger partial charge in [0.25, 0.3) is 10.0 Å². The maximum atomic E-state index is 13.4. The van der Waals surface area contributed by atoms with Gasteiger partial charge in [0.15, 0.2) is 0 Å². The maximum absolute atomic E-state index is 13.4. The summed E-state index contributed by atoms with van der Waals surface area (Å²) in [5.74, 6) is -1.31. The Bertz CT molecular complexity index is 1750. The summed E-state index contributed by atoms with van der Waals surface area (Å²) in [7, 11) is -2.78. The number of sulfonamides is 1. The quantitative estimate of drug-likeness (QED) is 0.179. The molecule has 2 aromatic carbocycles. The molecule has 0 aliphatic heterocycles. The van der Waals surface area contributed by atoms with E-state index in [-0.39, 0.29) is 51.0 Å². The summed E-state index contributed by atoms with van der Waals surface area (Å²) in [5.41, 5.74) is 3.43. The molecule has 0 amide bonds. The van der Waals surface area contributed by atoms with E-state index in [1.807, 2.05) is 32.0 Å². The molecule has 1 heterocycles. The summed E-state index contributed by atoms with van der Waals surface area (Å²) in [6.07, 6.45) is 5.60. The van der Waals surface area contributed by atoms with Gasteiger partial charge in [-0.3, -0.25) is 4.79 Å². The minimum atomic E-state index is -4.23. The zero-order valence-corrected chi connectivity index (χ0v) is 29.3. The highest BCUT2D eigenvalue weighted by atomic mass is 32.2. The van der Waals surface area contributed by atoms with Crippen molar-refractivity contribution in [1.29, 1.82) is 0 Å². The van der Waals surface area contributed by atoms with Gasteiger partial charge in [-0.05, 0) is 92.5 Å². The average molecular weight is 679 g/mol. The number of aromatic carboxylic acids is 1. The van der Waals surface area contributed by atoms with Crippen molar-refractivity contribution < 1.29 is 32.6 Å². The number of anilines is 1. The third-order valence-corrected chi connectivity index (χ3v) is 10.8. The summed E-state index contributed by atoms with van der Waals surface area (Å²) in [6.45, 7) is 10.8. The Kier molecular flexibility index (Phi) is 10.2. The third-order valence-electron chi connectivity index (χ3n) is 9.46. The van der Waals surface area contributed by atoms with Crippen molar-refractivity contribution in [3.8, 4) is 17.1 Å². The second kappa shape index (κ2) is 13.8. The smallest absolute Gasteiger partial charge is 0.335 e. The number of nitrogens with zero attached hydrogens (tertiary/aromatic N) is 2. The number of carbonyl (C=O) groups excluding carboxylic acids is 1. The summed E-state index contributed by atoms with van der Waals surface area (Å²) < 4.78 is 40.4. The molecule has 2 aliphatic rings. The van der Waals surface area contributed by atoms with E-state index in [0.29, 0.717) is 18.3 Å². The molecule has 12 heteroatoms. The van der Waals surface area contributed by atoms with Crippen LogP contribution in [-0.2, 0) is 19.6 Å². The van der Waals surface area contributed by atoms with Gasteiger partial charge in [0.1, 0.15) is 6.61 Å². The number of aromatic nitrogens is 2. The van der Waals surface area contributed by atoms with Gasteiger partial charge < -0.3 is 19.9 Å². The summed E-state index contributed by atoms with van der Waals surface area (Å²) in [4.78, 5) is 32.2. The number of esters is 1. The van der Waals surface area contributed by atoms with Crippen molar-refractivity contribution in [3.05, 3.63) is 65.2 Å². The van der Waals surface area contributed by atoms with E-state index in [0.717, 1.165) is 61.3 Å². The first kappa shape index (κ1) is 35.3. The van der Waals surface area contributed by atoms with Crippen molar-refractivity contribution in [1.82, 2.24) is 15.3 Å². The van der Waals surface area contributed by atoms with E-state index in [4.69, 9.17) is 9.47 Å². The fourth-order valence-corrected chi connectivity index (χ4v) is 7.95. The van der Waals surface area contributed by atoms with Crippen LogP contribution in [0.2, 0.25) is 0 Å². The van der Waals surface area contributed by atoms with Crippen LogP contribution in [0.5, 0.6) is 5.88 Å². The molecule has 0 bridgehead atoms. The fourth-order valence-electron chi connectivity index (χ4n) is 6.96. The molecule has 1 unspecified atom stereocenters. The lowest BCUT2D eigenvalue weighted by atomic mass is 9.50. The molecule has 11 nitrogen and oxygen atoms in total. The Hall–Kier alpha value is -4.03. The van der Waals surface area contributed by atoms with Gasteiger partial charge in [-0.15, -0.1) is 0 Å². The van der Waals surface area contributed by atoms with Crippen LogP contribution in [0.15, 0.2) is 53.4 Å². The topological polar surface area (TPSA) is 157 Å². The van der Waals surface area contributed by atoms with Crippen LogP contribution in [0, 0.1) is 30.6 Å². The van der Waals surface area contributed by atoms with Crippen LogP contribution in [-0.4, -0.2) is 61.2 Å². The summed E-state index contributed by atoms with van der Waals surface area (Å²) in [6, 6.07) is 13.0. The van der Waals surface area contributed by atoms with E-state index in [9.17, 15) is 23.1 Å². The SMILES string of the molecule is COC(=O)C1CC2(CC(NC(CCC(C)(C)C)COc3cc(-c4c(C)cccc4C)nc(NS(=O)(=O)c4cccc(C(=O)O)c4)n3)C2)C1. The molecule has 5 rings (SSSR count). The zero-order valence-electron chi connectivity index (χ0n) is 28.5. The molecule has 3 aromatic rings. The summed E-state index contributed by atoms with van der Waals surface area (Å²) >= 11 is 0. The van der Waals surface area contributed by atoms with Gasteiger partial charge in [-0.1, -0.05) is 45.0 Å². The van der Waals surface area contributed by atoms with E-state index < -0.39 is 16.0 Å². The minimum absolute atomic E-state index is 0.00699. The molecule has 3 N–H and O–H groups in total. The molecule has 2 fully saturated rings. The number of methoxy groups -OCH3 is 1. The Balaban J connectivity index is 1.37. The van der Waals surface area contributed by atoms with Gasteiger partial charge in [0.05, 0.1) is 29.2 Å². The van der Waals surface area contributed by atoms with Crippen molar-refractivity contribution in [2.45, 2.75) is 90.1 Å². The number of carboxylic acid groups (broad SMARTS) is 1. The lowest BCUT2D eigenvalue weighted by Crippen LogP contribution is -2.58. The number of ether oxygens (including phenoxy) is 2. The summed E-state index contributed by atoms with van der Waals surface area (Å²) in [5, 5.41) is 13.2. The highest BCUT2D eigenvalue weighted by Gasteiger charge is 2.55. The Morgan fingerprint density at radius 2 is 1.69 bits per heavy atom. The third kappa shape index (κ3) is 8.33. The van der Waals surface area contributed by atoms with Crippen LogP contribution >= 0.6 is 0 Å². The van der Waals surface area contributed by atoms with Crippen LogP contribution in [0.1, 0.15) is 80.8 Å². The fraction of sp³-hybridized carbons (Fsp3) is 0.500. The normalized spacial score (nSPS) is 21.1. The van der Waals surface area contributed by atoms with Crippen molar-refractivity contribution in [3.63, 3.8) is 0 Å². The lowest BCUT2D eigenvalue weighted by molar-refractivity contribution is -0.159. The van der Waals surface area contributed by atoms with Crippen LogP contribution < -0.4 is 14.8 Å². The van der Waals surface area contributed by atoms with Gasteiger partial charge in [-0.25, -0.2) is 22.9 Å². The largest absolute Gasteiger partial charge is 0.478 e. The predicted molar refractivity (Wildman–Crippen MR) is 182 cm³/mol. The number of hydrogen-bond donors (Lipinski definition) is 3.